The Morgan fingerprint density at radius 1 is 1.27 bits per heavy atom. The highest BCUT2D eigenvalue weighted by Gasteiger charge is 2.30. The van der Waals surface area contributed by atoms with Crippen molar-refractivity contribution in [2.75, 3.05) is 27.2 Å². The molecule has 1 aromatic carbocycles. The minimum Gasteiger partial charge on any atom is -0.496 e. The van der Waals surface area contributed by atoms with Crippen LogP contribution in [0.4, 0.5) is 0 Å². The van der Waals surface area contributed by atoms with Gasteiger partial charge in [-0.05, 0) is 43.4 Å². The van der Waals surface area contributed by atoms with Crippen LogP contribution in [0.2, 0.25) is 0 Å². The fraction of sp³-hybridized carbons (Fsp3) is 0.650. The summed E-state index contributed by atoms with van der Waals surface area (Å²) in [7, 11) is 3.56. The molecule has 2 N–H and O–H groups in total. The number of methoxy groups -OCH3 is 1. The topological polar surface area (TPSA) is 48.9 Å². The standard InChI is InChI=1S/C20H32N4O.HI/c1-15-12-16(8-9-19(15)25-3)13-22-20(21-2)23-17-10-11-24(14-17)18-6-4-5-7-18;/h8-9,12,17-18H,4-7,10-11,13-14H2,1-3H3,(H2,21,22,23);1H. The number of benzene rings is 1. The van der Waals surface area contributed by atoms with Gasteiger partial charge in [-0.3, -0.25) is 9.89 Å². The van der Waals surface area contributed by atoms with E-state index in [1.54, 1.807) is 7.11 Å². The molecule has 0 radical (unpaired) electrons. The predicted octanol–water partition coefficient (Wildman–Crippen LogP) is 3.30. The van der Waals surface area contributed by atoms with Gasteiger partial charge in [0.25, 0.3) is 0 Å². The molecule has 1 saturated carbocycles. The maximum Gasteiger partial charge on any atom is 0.191 e. The minimum atomic E-state index is 0. The lowest BCUT2D eigenvalue weighted by atomic mass is 10.1. The first-order chi connectivity index (χ1) is 12.2. The number of halogens is 1. The molecule has 26 heavy (non-hydrogen) atoms. The van der Waals surface area contributed by atoms with E-state index in [1.165, 1.54) is 44.2 Å². The van der Waals surface area contributed by atoms with Crippen LogP contribution in [0.25, 0.3) is 0 Å². The summed E-state index contributed by atoms with van der Waals surface area (Å²) in [5.41, 5.74) is 2.40. The molecule has 6 heteroatoms. The van der Waals surface area contributed by atoms with Crippen LogP contribution >= 0.6 is 24.0 Å². The Hall–Kier alpha value is -1.02. The zero-order chi connectivity index (χ0) is 17.6. The molecule has 1 saturated heterocycles. The molecule has 1 aliphatic carbocycles. The number of hydrogen-bond donors (Lipinski definition) is 2. The highest BCUT2D eigenvalue weighted by Crippen LogP contribution is 2.26. The summed E-state index contributed by atoms with van der Waals surface area (Å²) in [5.74, 6) is 1.83. The Labute approximate surface area is 175 Å². The molecular formula is C20H33IN4O. The molecule has 1 atom stereocenters. The molecule has 5 nitrogen and oxygen atoms in total. The van der Waals surface area contributed by atoms with Crippen LogP contribution in [0, 0.1) is 6.92 Å². The van der Waals surface area contributed by atoms with Crippen molar-refractivity contribution in [3.8, 4) is 5.75 Å². The van der Waals surface area contributed by atoms with Crippen molar-refractivity contribution in [2.24, 2.45) is 4.99 Å². The summed E-state index contributed by atoms with van der Waals surface area (Å²) in [4.78, 5) is 7.07. The van der Waals surface area contributed by atoms with E-state index in [0.717, 1.165) is 36.4 Å². The molecule has 0 amide bonds. The summed E-state index contributed by atoms with van der Waals surface area (Å²) < 4.78 is 5.33. The third-order valence-electron chi connectivity index (χ3n) is 5.54. The van der Waals surface area contributed by atoms with Gasteiger partial charge in [0.2, 0.25) is 0 Å². The number of ether oxygens (including phenoxy) is 1. The third kappa shape index (κ3) is 5.49. The fourth-order valence-electron chi connectivity index (χ4n) is 4.13. The number of hydrogen-bond acceptors (Lipinski definition) is 3. The summed E-state index contributed by atoms with van der Waals surface area (Å²) in [6.45, 7) is 5.21. The normalized spacial score (nSPS) is 21.5. The molecule has 1 unspecified atom stereocenters. The number of rotatable bonds is 5. The number of aryl methyl sites for hydroxylation is 1. The maximum absolute atomic E-state index is 5.33. The van der Waals surface area contributed by atoms with Crippen molar-refractivity contribution < 1.29 is 4.74 Å². The fourth-order valence-corrected chi connectivity index (χ4v) is 4.13. The Morgan fingerprint density at radius 3 is 2.69 bits per heavy atom. The van der Waals surface area contributed by atoms with E-state index in [0.29, 0.717) is 6.04 Å². The highest BCUT2D eigenvalue weighted by molar-refractivity contribution is 14.0. The lowest BCUT2D eigenvalue weighted by molar-refractivity contribution is 0.242. The summed E-state index contributed by atoms with van der Waals surface area (Å²) in [5, 5.41) is 7.04. The van der Waals surface area contributed by atoms with E-state index in [4.69, 9.17) is 4.74 Å². The Balaban J connectivity index is 0.00000243. The lowest BCUT2D eigenvalue weighted by Gasteiger charge is -2.24. The molecule has 1 aliphatic heterocycles. The van der Waals surface area contributed by atoms with Crippen LogP contribution in [0.5, 0.6) is 5.75 Å². The molecule has 146 valence electrons. The average molecular weight is 472 g/mol. The number of nitrogens with zero attached hydrogens (tertiary/aromatic N) is 2. The van der Waals surface area contributed by atoms with Crippen molar-refractivity contribution in [2.45, 2.75) is 57.7 Å². The van der Waals surface area contributed by atoms with Gasteiger partial charge in [0.1, 0.15) is 5.75 Å². The summed E-state index contributed by atoms with van der Waals surface area (Å²) >= 11 is 0. The molecule has 0 spiro atoms. The smallest absolute Gasteiger partial charge is 0.191 e. The molecule has 1 aromatic rings. The van der Waals surface area contributed by atoms with E-state index in [-0.39, 0.29) is 24.0 Å². The maximum atomic E-state index is 5.33. The summed E-state index contributed by atoms with van der Waals surface area (Å²) in [6.07, 6.45) is 6.79. The van der Waals surface area contributed by atoms with Crippen LogP contribution in [0.15, 0.2) is 23.2 Å². The van der Waals surface area contributed by atoms with Crippen LogP contribution in [-0.2, 0) is 6.54 Å². The molecule has 0 aromatic heterocycles. The van der Waals surface area contributed by atoms with Gasteiger partial charge in [-0.15, -0.1) is 24.0 Å². The zero-order valence-electron chi connectivity index (χ0n) is 16.3. The number of likely N-dealkylation sites (tertiary alicyclic amines) is 1. The number of nitrogens with one attached hydrogen (secondary N) is 2. The number of aliphatic imine (C=N–C) groups is 1. The van der Waals surface area contributed by atoms with Crippen molar-refractivity contribution in [3.63, 3.8) is 0 Å². The highest BCUT2D eigenvalue weighted by atomic mass is 127. The first-order valence-electron chi connectivity index (χ1n) is 9.54. The van der Waals surface area contributed by atoms with Gasteiger partial charge < -0.3 is 15.4 Å². The van der Waals surface area contributed by atoms with Crippen LogP contribution in [-0.4, -0.2) is 50.2 Å². The van der Waals surface area contributed by atoms with E-state index < -0.39 is 0 Å². The second-order valence-corrected chi connectivity index (χ2v) is 7.29. The number of guanidine groups is 1. The second-order valence-electron chi connectivity index (χ2n) is 7.29. The third-order valence-corrected chi connectivity index (χ3v) is 5.54. The largest absolute Gasteiger partial charge is 0.496 e. The van der Waals surface area contributed by atoms with Gasteiger partial charge in [0.05, 0.1) is 7.11 Å². The minimum absolute atomic E-state index is 0. The predicted molar refractivity (Wildman–Crippen MR) is 119 cm³/mol. The quantitative estimate of drug-likeness (QED) is 0.392. The Bertz CT molecular complexity index is 601. The first-order valence-corrected chi connectivity index (χ1v) is 9.54. The van der Waals surface area contributed by atoms with Gasteiger partial charge in [-0.25, -0.2) is 0 Å². The molecule has 2 aliphatic rings. The lowest BCUT2D eigenvalue weighted by Crippen LogP contribution is -2.45. The molecule has 3 rings (SSSR count). The molecule has 0 bridgehead atoms. The average Bonchev–Trinajstić information content (AvgIpc) is 3.30. The van der Waals surface area contributed by atoms with Crippen molar-refractivity contribution in [1.82, 2.24) is 15.5 Å². The first kappa shape index (κ1) is 21.3. The van der Waals surface area contributed by atoms with Crippen LogP contribution < -0.4 is 15.4 Å². The monoisotopic (exact) mass is 472 g/mol. The van der Waals surface area contributed by atoms with E-state index >= 15 is 0 Å². The van der Waals surface area contributed by atoms with E-state index in [9.17, 15) is 0 Å². The molecular weight excluding hydrogens is 439 g/mol. The summed E-state index contributed by atoms with van der Waals surface area (Å²) in [6, 6.07) is 7.62. The zero-order valence-corrected chi connectivity index (χ0v) is 18.6. The van der Waals surface area contributed by atoms with Crippen molar-refractivity contribution in [3.05, 3.63) is 29.3 Å². The Kier molecular flexibility index (Phi) is 8.47. The molecule has 1 heterocycles. The van der Waals surface area contributed by atoms with Crippen LogP contribution in [0.1, 0.15) is 43.2 Å². The molecule has 2 fully saturated rings. The van der Waals surface area contributed by atoms with Gasteiger partial charge in [0, 0.05) is 38.8 Å². The van der Waals surface area contributed by atoms with Crippen LogP contribution in [0.3, 0.4) is 0 Å². The SMILES string of the molecule is CN=C(NCc1ccc(OC)c(C)c1)NC1CCN(C2CCCC2)C1.I. The Morgan fingerprint density at radius 2 is 2.04 bits per heavy atom. The van der Waals surface area contributed by atoms with Crippen molar-refractivity contribution in [1.29, 1.82) is 0 Å². The van der Waals surface area contributed by atoms with E-state index in [2.05, 4.69) is 39.6 Å². The van der Waals surface area contributed by atoms with Gasteiger partial charge >= 0.3 is 0 Å². The van der Waals surface area contributed by atoms with Gasteiger partial charge in [-0.2, -0.15) is 0 Å². The second kappa shape index (κ2) is 10.3. The van der Waals surface area contributed by atoms with E-state index in [1.807, 2.05) is 13.1 Å². The van der Waals surface area contributed by atoms with Gasteiger partial charge in [0.15, 0.2) is 5.96 Å². The van der Waals surface area contributed by atoms with Gasteiger partial charge in [-0.1, -0.05) is 25.0 Å². The van der Waals surface area contributed by atoms with Crippen molar-refractivity contribution >= 4 is 29.9 Å².